The summed E-state index contributed by atoms with van der Waals surface area (Å²) in [6.45, 7) is 5.86. The molecule has 0 saturated heterocycles. The molecule has 0 bridgehead atoms. The van der Waals surface area contributed by atoms with Crippen molar-refractivity contribution in [2.75, 3.05) is 25.5 Å². The van der Waals surface area contributed by atoms with Gasteiger partial charge in [0.2, 0.25) is 5.95 Å². The molecule has 1 atom stereocenters. The number of ether oxygens (including phenoxy) is 1. The van der Waals surface area contributed by atoms with Gasteiger partial charge in [0.15, 0.2) is 0 Å². The van der Waals surface area contributed by atoms with Crippen LogP contribution in [0.4, 0.5) is 5.95 Å². The number of methoxy groups -OCH3 is 1. The summed E-state index contributed by atoms with van der Waals surface area (Å²) in [7, 11) is 1.21. The molecular weight excluding hydrogens is 494 g/mol. The average Bonchev–Trinajstić information content (AvgIpc) is 3.40. The fourth-order valence-electron chi connectivity index (χ4n) is 3.79. The van der Waals surface area contributed by atoms with E-state index >= 15 is 0 Å². The predicted molar refractivity (Wildman–Crippen MR) is 141 cm³/mol. The SMILES string of the molecule is COC(=O)C(CNC(=O)c1cccs1)NC(=O)c1c(C)nc(NCCCc2cc(O)ccc2C)nc1C. The molecule has 3 aromatic rings. The van der Waals surface area contributed by atoms with Crippen LogP contribution in [0.15, 0.2) is 35.7 Å². The van der Waals surface area contributed by atoms with Crippen LogP contribution in [0.5, 0.6) is 5.75 Å². The van der Waals surface area contributed by atoms with Gasteiger partial charge in [-0.2, -0.15) is 0 Å². The first-order valence-electron chi connectivity index (χ1n) is 11.8. The van der Waals surface area contributed by atoms with Gasteiger partial charge in [-0.05, 0) is 68.3 Å². The highest BCUT2D eigenvalue weighted by Crippen LogP contribution is 2.18. The van der Waals surface area contributed by atoms with E-state index in [4.69, 9.17) is 4.74 Å². The van der Waals surface area contributed by atoms with Crippen LogP contribution in [0.1, 0.15) is 49.0 Å². The number of nitrogens with zero attached hydrogens (tertiary/aromatic N) is 2. The van der Waals surface area contributed by atoms with Crippen LogP contribution >= 0.6 is 11.3 Å². The maximum absolute atomic E-state index is 13.0. The van der Waals surface area contributed by atoms with Crippen LogP contribution in [0, 0.1) is 20.8 Å². The lowest BCUT2D eigenvalue weighted by Gasteiger charge is -2.18. The average molecular weight is 526 g/mol. The molecule has 0 spiro atoms. The van der Waals surface area contributed by atoms with Gasteiger partial charge in [-0.15, -0.1) is 11.3 Å². The Kier molecular flexibility index (Phi) is 9.56. The largest absolute Gasteiger partial charge is 0.508 e. The quantitative estimate of drug-likeness (QED) is 0.221. The Bertz CT molecular complexity index is 1240. The molecule has 2 amide bonds. The molecule has 11 heteroatoms. The topological polar surface area (TPSA) is 143 Å². The summed E-state index contributed by atoms with van der Waals surface area (Å²) < 4.78 is 4.79. The number of nitrogens with one attached hydrogen (secondary N) is 3. The smallest absolute Gasteiger partial charge is 0.330 e. The lowest BCUT2D eigenvalue weighted by atomic mass is 10.0. The third-order valence-corrected chi connectivity index (χ3v) is 6.61. The number of aromatic hydroxyl groups is 1. The number of thiophene rings is 1. The number of phenolic OH excluding ortho intramolecular Hbond substituents is 1. The predicted octanol–water partition coefficient (Wildman–Crippen LogP) is 2.92. The van der Waals surface area contributed by atoms with E-state index in [1.165, 1.54) is 18.4 Å². The normalized spacial score (nSPS) is 11.5. The number of phenols is 1. The number of carbonyl (C=O) groups is 3. The van der Waals surface area contributed by atoms with Gasteiger partial charge in [0.1, 0.15) is 11.8 Å². The highest BCUT2D eigenvalue weighted by atomic mass is 32.1. The zero-order valence-corrected chi connectivity index (χ0v) is 22.1. The standard InChI is InChI=1S/C26H31N5O5S/c1-15-9-10-19(32)13-18(15)7-5-11-27-26-29-16(2)22(17(3)30-26)24(34)31-20(25(35)36-4)14-28-23(33)21-8-6-12-37-21/h6,8-10,12-13,20,32H,5,7,11,14H2,1-4H3,(H,28,33)(H,31,34)(H,27,29,30). The Hall–Kier alpha value is -3.99. The molecule has 2 heterocycles. The number of hydrogen-bond donors (Lipinski definition) is 4. The Morgan fingerprint density at radius 1 is 1.08 bits per heavy atom. The fourth-order valence-corrected chi connectivity index (χ4v) is 4.43. The summed E-state index contributed by atoms with van der Waals surface area (Å²) in [4.78, 5) is 46.8. The van der Waals surface area contributed by atoms with E-state index in [2.05, 4.69) is 25.9 Å². The lowest BCUT2D eigenvalue weighted by molar-refractivity contribution is -0.142. The van der Waals surface area contributed by atoms with Crippen molar-refractivity contribution in [3.63, 3.8) is 0 Å². The summed E-state index contributed by atoms with van der Waals surface area (Å²) in [6.07, 6.45) is 1.58. The molecule has 1 aromatic carbocycles. The van der Waals surface area contributed by atoms with Crippen molar-refractivity contribution in [1.29, 1.82) is 0 Å². The zero-order chi connectivity index (χ0) is 26.9. The number of benzene rings is 1. The Balaban J connectivity index is 1.60. The Morgan fingerprint density at radius 3 is 2.46 bits per heavy atom. The van der Waals surface area contributed by atoms with Crippen molar-refractivity contribution in [3.8, 4) is 5.75 Å². The number of esters is 1. The van der Waals surface area contributed by atoms with Crippen molar-refractivity contribution in [2.24, 2.45) is 0 Å². The van der Waals surface area contributed by atoms with Crippen molar-refractivity contribution in [3.05, 3.63) is 68.7 Å². The molecule has 10 nitrogen and oxygen atoms in total. The van der Waals surface area contributed by atoms with Crippen molar-refractivity contribution < 1.29 is 24.2 Å². The molecule has 4 N–H and O–H groups in total. The number of aromatic nitrogens is 2. The molecule has 0 radical (unpaired) electrons. The summed E-state index contributed by atoms with van der Waals surface area (Å²) in [5.74, 6) is -0.926. The van der Waals surface area contributed by atoms with E-state index in [-0.39, 0.29) is 23.8 Å². The maximum Gasteiger partial charge on any atom is 0.330 e. The van der Waals surface area contributed by atoms with E-state index < -0.39 is 17.9 Å². The number of anilines is 1. The van der Waals surface area contributed by atoms with Crippen LogP contribution in [0.2, 0.25) is 0 Å². The molecule has 196 valence electrons. The number of rotatable bonds is 11. The Labute approximate surface area is 219 Å². The van der Waals surface area contributed by atoms with Gasteiger partial charge in [-0.3, -0.25) is 9.59 Å². The minimum Gasteiger partial charge on any atom is -0.508 e. The van der Waals surface area contributed by atoms with Gasteiger partial charge in [-0.1, -0.05) is 12.1 Å². The number of aryl methyl sites for hydroxylation is 4. The zero-order valence-electron chi connectivity index (χ0n) is 21.3. The number of carbonyl (C=O) groups excluding carboxylic acids is 3. The molecule has 0 aliphatic carbocycles. The maximum atomic E-state index is 13.0. The van der Waals surface area contributed by atoms with Gasteiger partial charge in [0.05, 0.1) is 28.9 Å². The van der Waals surface area contributed by atoms with Crippen LogP contribution < -0.4 is 16.0 Å². The second kappa shape index (κ2) is 12.8. The van der Waals surface area contributed by atoms with E-state index in [9.17, 15) is 19.5 Å². The highest BCUT2D eigenvalue weighted by Gasteiger charge is 2.25. The van der Waals surface area contributed by atoms with Gasteiger partial charge in [0.25, 0.3) is 11.8 Å². The van der Waals surface area contributed by atoms with Gasteiger partial charge < -0.3 is 25.8 Å². The van der Waals surface area contributed by atoms with E-state index in [1.54, 1.807) is 43.5 Å². The third-order valence-electron chi connectivity index (χ3n) is 5.74. The monoisotopic (exact) mass is 525 g/mol. The molecule has 1 unspecified atom stereocenters. The number of hydrogen-bond acceptors (Lipinski definition) is 9. The first-order valence-corrected chi connectivity index (χ1v) is 12.7. The third kappa shape index (κ3) is 7.50. The summed E-state index contributed by atoms with van der Waals surface area (Å²) >= 11 is 1.27. The Morgan fingerprint density at radius 2 is 1.81 bits per heavy atom. The second-order valence-corrected chi connectivity index (χ2v) is 9.42. The van der Waals surface area contributed by atoms with Crippen LogP contribution in [0.25, 0.3) is 0 Å². The van der Waals surface area contributed by atoms with Crippen LogP contribution in [-0.2, 0) is 16.0 Å². The lowest BCUT2D eigenvalue weighted by Crippen LogP contribution is -2.49. The molecule has 0 aliphatic rings. The number of amides is 2. The summed E-state index contributed by atoms with van der Waals surface area (Å²) in [5.41, 5.74) is 3.34. The van der Waals surface area contributed by atoms with Crippen molar-refractivity contribution in [2.45, 2.75) is 39.7 Å². The fraction of sp³-hybridized carbons (Fsp3) is 0.346. The van der Waals surface area contributed by atoms with Crippen molar-refractivity contribution >= 4 is 35.1 Å². The van der Waals surface area contributed by atoms with Gasteiger partial charge in [0, 0.05) is 13.1 Å². The van der Waals surface area contributed by atoms with Gasteiger partial charge >= 0.3 is 5.97 Å². The van der Waals surface area contributed by atoms with Gasteiger partial charge in [-0.25, -0.2) is 14.8 Å². The second-order valence-electron chi connectivity index (χ2n) is 8.47. The first-order chi connectivity index (χ1) is 17.7. The molecular formula is C26H31N5O5S. The molecule has 37 heavy (non-hydrogen) atoms. The molecule has 0 fully saturated rings. The summed E-state index contributed by atoms with van der Waals surface area (Å²) in [5, 5.41) is 19.9. The summed E-state index contributed by atoms with van der Waals surface area (Å²) in [6, 6.07) is 7.66. The highest BCUT2D eigenvalue weighted by molar-refractivity contribution is 7.12. The minimum absolute atomic E-state index is 0.133. The van der Waals surface area contributed by atoms with Crippen LogP contribution in [-0.4, -0.2) is 59.1 Å². The van der Waals surface area contributed by atoms with Crippen LogP contribution in [0.3, 0.4) is 0 Å². The first kappa shape index (κ1) is 27.6. The van der Waals surface area contributed by atoms with E-state index in [0.717, 1.165) is 24.0 Å². The molecule has 3 rings (SSSR count). The van der Waals surface area contributed by atoms with E-state index in [0.29, 0.717) is 28.8 Å². The molecule has 0 saturated carbocycles. The molecule has 2 aromatic heterocycles. The minimum atomic E-state index is -1.08. The molecule has 0 aliphatic heterocycles. The van der Waals surface area contributed by atoms with E-state index in [1.807, 2.05) is 13.0 Å². The van der Waals surface area contributed by atoms with Crippen molar-refractivity contribution in [1.82, 2.24) is 20.6 Å².